The Labute approximate surface area is 112 Å². The molecule has 0 unspecified atom stereocenters. The summed E-state index contributed by atoms with van der Waals surface area (Å²) in [5.74, 6) is 2.65. The predicted octanol–water partition coefficient (Wildman–Crippen LogP) is 2.76. The van der Waals surface area contributed by atoms with Crippen LogP contribution in [-0.4, -0.2) is 16.6 Å². The van der Waals surface area contributed by atoms with Gasteiger partial charge in [-0.1, -0.05) is 19.1 Å². The Morgan fingerprint density at radius 1 is 1.21 bits per heavy atom. The van der Waals surface area contributed by atoms with Crippen molar-refractivity contribution in [3.8, 4) is 5.75 Å². The zero-order chi connectivity index (χ0) is 13.7. The van der Waals surface area contributed by atoms with E-state index in [1.807, 2.05) is 38.1 Å². The van der Waals surface area contributed by atoms with E-state index in [2.05, 4.69) is 15.3 Å². The molecule has 3 N–H and O–H groups in total. The lowest BCUT2D eigenvalue weighted by atomic mass is 10.3. The minimum Gasteiger partial charge on any atom is -0.492 e. The van der Waals surface area contributed by atoms with Crippen LogP contribution in [0, 0.1) is 0 Å². The van der Waals surface area contributed by atoms with Crippen molar-refractivity contribution in [2.45, 2.75) is 20.3 Å². The lowest BCUT2D eigenvalue weighted by Gasteiger charge is -2.12. The quantitative estimate of drug-likeness (QED) is 0.862. The van der Waals surface area contributed by atoms with Gasteiger partial charge in [-0.15, -0.1) is 0 Å². The highest BCUT2D eigenvalue weighted by Crippen LogP contribution is 2.27. The van der Waals surface area contributed by atoms with Crippen LogP contribution in [0.3, 0.4) is 0 Å². The lowest BCUT2D eigenvalue weighted by molar-refractivity contribution is 0.342. The lowest BCUT2D eigenvalue weighted by Crippen LogP contribution is -2.04. The van der Waals surface area contributed by atoms with Gasteiger partial charge >= 0.3 is 0 Å². The van der Waals surface area contributed by atoms with Crippen molar-refractivity contribution in [3.63, 3.8) is 0 Å². The van der Waals surface area contributed by atoms with Crippen LogP contribution < -0.4 is 15.8 Å². The van der Waals surface area contributed by atoms with E-state index in [1.54, 1.807) is 6.07 Å². The Morgan fingerprint density at radius 3 is 2.74 bits per heavy atom. The number of nitrogen functional groups attached to an aromatic ring is 1. The van der Waals surface area contributed by atoms with Crippen LogP contribution in [0.5, 0.6) is 5.75 Å². The largest absolute Gasteiger partial charge is 0.492 e. The zero-order valence-corrected chi connectivity index (χ0v) is 11.2. The van der Waals surface area contributed by atoms with Crippen LogP contribution in [-0.2, 0) is 6.42 Å². The second-order valence-electron chi connectivity index (χ2n) is 4.00. The second kappa shape index (κ2) is 6.04. The van der Waals surface area contributed by atoms with Crippen molar-refractivity contribution in [3.05, 3.63) is 36.2 Å². The summed E-state index contributed by atoms with van der Waals surface area (Å²) >= 11 is 0. The molecule has 0 fully saturated rings. The molecule has 100 valence electrons. The number of anilines is 3. The minimum absolute atomic E-state index is 0.461. The molecular weight excluding hydrogens is 240 g/mol. The van der Waals surface area contributed by atoms with Gasteiger partial charge in [0.2, 0.25) is 0 Å². The van der Waals surface area contributed by atoms with Crippen LogP contribution in [0.4, 0.5) is 17.3 Å². The highest BCUT2D eigenvalue weighted by molar-refractivity contribution is 5.65. The SMILES string of the molecule is CCOc1ccccc1Nc1cc(N)nc(CC)n1. The molecule has 0 spiro atoms. The van der Waals surface area contributed by atoms with E-state index in [-0.39, 0.29) is 0 Å². The summed E-state index contributed by atoms with van der Waals surface area (Å²) in [5, 5.41) is 3.22. The molecule has 0 atom stereocenters. The summed E-state index contributed by atoms with van der Waals surface area (Å²) in [4.78, 5) is 8.54. The second-order valence-corrected chi connectivity index (χ2v) is 4.00. The molecule has 0 bridgehead atoms. The first kappa shape index (κ1) is 13.1. The molecule has 0 radical (unpaired) electrons. The van der Waals surface area contributed by atoms with Gasteiger partial charge in [0, 0.05) is 12.5 Å². The van der Waals surface area contributed by atoms with E-state index >= 15 is 0 Å². The number of aryl methyl sites for hydroxylation is 1. The number of ether oxygens (including phenoxy) is 1. The molecule has 2 rings (SSSR count). The molecule has 0 aliphatic carbocycles. The normalized spacial score (nSPS) is 10.2. The summed E-state index contributed by atoms with van der Waals surface area (Å²) in [6, 6.07) is 9.44. The maximum Gasteiger partial charge on any atom is 0.142 e. The van der Waals surface area contributed by atoms with E-state index < -0.39 is 0 Å². The number of aromatic nitrogens is 2. The molecule has 19 heavy (non-hydrogen) atoms. The van der Waals surface area contributed by atoms with Crippen LogP contribution in [0.15, 0.2) is 30.3 Å². The summed E-state index contributed by atoms with van der Waals surface area (Å²) in [6.07, 6.45) is 0.743. The van der Waals surface area contributed by atoms with Gasteiger partial charge in [-0.05, 0) is 19.1 Å². The molecule has 0 amide bonds. The third-order valence-corrected chi connectivity index (χ3v) is 2.56. The van der Waals surface area contributed by atoms with Gasteiger partial charge in [0.1, 0.15) is 23.2 Å². The third-order valence-electron chi connectivity index (χ3n) is 2.56. The molecular formula is C14H18N4O. The minimum atomic E-state index is 0.461. The average Bonchev–Trinajstić information content (AvgIpc) is 2.40. The highest BCUT2D eigenvalue weighted by Gasteiger charge is 2.05. The van der Waals surface area contributed by atoms with Crippen molar-refractivity contribution in [2.75, 3.05) is 17.7 Å². The molecule has 2 aromatic rings. The van der Waals surface area contributed by atoms with Gasteiger partial charge in [-0.2, -0.15) is 0 Å². The first-order chi connectivity index (χ1) is 9.22. The van der Waals surface area contributed by atoms with E-state index in [0.717, 1.165) is 23.7 Å². The number of para-hydroxylation sites is 2. The Balaban J connectivity index is 2.28. The Hall–Kier alpha value is -2.30. The number of hydrogen-bond acceptors (Lipinski definition) is 5. The van der Waals surface area contributed by atoms with E-state index in [1.165, 1.54) is 0 Å². The highest BCUT2D eigenvalue weighted by atomic mass is 16.5. The van der Waals surface area contributed by atoms with Crippen molar-refractivity contribution < 1.29 is 4.74 Å². The fourth-order valence-corrected chi connectivity index (χ4v) is 1.73. The maximum atomic E-state index is 5.76. The fourth-order valence-electron chi connectivity index (χ4n) is 1.73. The van der Waals surface area contributed by atoms with Crippen LogP contribution in [0.2, 0.25) is 0 Å². The van der Waals surface area contributed by atoms with Crippen molar-refractivity contribution in [2.24, 2.45) is 0 Å². The number of hydrogen-bond donors (Lipinski definition) is 2. The van der Waals surface area contributed by atoms with Crippen molar-refractivity contribution >= 4 is 17.3 Å². The van der Waals surface area contributed by atoms with Gasteiger partial charge in [0.15, 0.2) is 0 Å². The molecule has 1 aromatic heterocycles. The number of nitrogens with one attached hydrogen (secondary N) is 1. The van der Waals surface area contributed by atoms with E-state index in [4.69, 9.17) is 10.5 Å². The van der Waals surface area contributed by atoms with Gasteiger partial charge < -0.3 is 15.8 Å². The maximum absolute atomic E-state index is 5.76. The first-order valence-electron chi connectivity index (χ1n) is 6.35. The number of benzene rings is 1. The van der Waals surface area contributed by atoms with Crippen molar-refractivity contribution in [1.29, 1.82) is 0 Å². The van der Waals surface area contributed by atoms with Gasteiger partial charge in [-0.25, -0.2) is 9.97 Å². The summed E-state index contributed by atoms with van der Waals surface area (Å²) in [6.45, 7) is 4.56. The van der Waals surface area contributed by atoms with Crippen LogP contribution >= 0.6 is 0 Å². The molecule has 0 aliphatic heterocycles. The molecule has 1 heterocycles. The fraction of sp³-hybridized carbons (Fsp3) is 0.286. The number of nitrogens with zero attached hydrogens (tertiary/aromatic N) is 2. The molecule has 5 heteroatoms. The average molecular weight is 258 g/mol. The first-order valence-corrected chi connectivity index (χ1v) is 6.35. The van der Waals surface area contributed by atoms with Crippen LogP contribution in [0.1, 0.15) is 19.7 Å². The van der Waals surface area contributed by atoms with E-state index in [9.17, 15) is 0 Å². The van der Waals surface area contributed by atoms with Gasteiger partial charge in [0.25, 0.3) is 0 Å². The predicted molar refractivity (Wildman–Crippen MR) is 76.7 cm³/mol. The summed E-state index contributed by atoms with van der Waals surface area (Å²) in [5.41, 5.74) is 6.63. The third kappa shape index (κ3) is 3.34. The summed E-state index contributed by atoms with van der Waals surface area (Å²) < 4.78 is 5.56. The van der Waals surface area contributed by atoms with Gasteiger partial charge in [-0.3, -0.25) is 0 Å². The molecule has 0 aliphatic rings. The Kier molecular flexibility index (Phi) is 4.18. The smallest absolute Gasteiger partial charge is 0.142 e. The topological polar surface area (TPSA) is 73.1 Å². The Bertz CT molecular complexity index is 557. The molecule has 0 saturated heterocycles. The number of rotatable bonds is 5. The summed E-state index contributed by atoms with van der Waals surface area (Å²) in [7, 11) is 0. The van der Waals surface area contributed by atoms with Gasteiger partial charge in [0.05, 0.1) is 12.3 Å². The molecule has 0 saturated carbocycles. The monoisotopic (exact) mass is 258 g/mol. The van der Waals surface area contributed by atoms with Crippen molar-refractivity contribution in [1.82, 2.24) is 9.97 Å². The zero-order valence-electron chi connectivity index (χ0n) is 11.2. The Morgan fingerprint density at radius 2 is 2.00 bits per heavy atom. The molecule has 1 aromatic carbocycles. The standard InChI is InChI=1S/C14H18N4O/c1-3-13-17-12(15)9-14(18-13)16-10-7-5-6-8-11(10)19-4-2/h5-9H,3-4H2,1-2H3,(H3,15,16,17,18). The molecule has 5 nitrogen and oxygen atoms in total. The van der Waals surface area contributed by atoms with Crippen LogP contribution in [0.25, 0.3) is 0 Å². The number of nitrogens with two attached hydrogens (primary N) is 1. The van der Waals surface area contributed by atoms with E-state index in [0.29, 0.717) is 18.2 Å².